The van der Waals surface area contributed by atoms with Crippen LogP contribution >= 0.6 is 0 Å². The standard InChI is InChI=1S/C24H25N5/c1-4-11-26-20-8-5-16(12-19(20)25)17-6-9-21-23(13-17)29-24(28-21)22-10-7-18(14-27-22)15(2)3/h5-15H,4,25H2,1-3H3,(H,28,29)/b26-11+. The number of anilines is 1. The van der Waals surface area contributed by atoms with E-state index in [1.54, 1.807) is 0 Å². The lowest BCUT2D eigenvalue weighted by Gasteiger charge is -2.05. The Morgan fingerprint density at radius 2 is 1.86 bits per heavy atom. The van der Waals surface area contributed by atoms with Gasteiger partial charge in [-0.25, -0.2) is 4.98 Å². The van der Waals surface area contributed by atoms with Gasteiger partial charge in [0.15, 0.2) is 5.82 Å². The average Bonchev–Trinajstić information content (AvgIpc) is 3.16. The normalized spacial score (nSPS) is 11.7. The fourth-order valence-corrected chi connectivity index (χ4v) is 3.23. The third-order valence-electron chi connectivity index (χ3n) is 4.95. The molecule has 0 amide bonds. The summed E-state index contributed by atoms with van der Waals surface area (Å²) in [5, 5.41) is 0. The molecule has 2 aromatic heterocycles. The van der Waals surface area contributed by atoms with Crippen molar-refractivity contribution < 1.29 is 0 Å². The molecule has 0 radical (unpaired) electrons. The van der Waals surface area contributed by atoms with Gasteiger partial charge in [-0.05, 0) is 59.4 Å². The highest BCUT2D eigenvalue weighted by atomic mass is 14.9. The Labute approximate surface area is 170 Å². The van der Waals surface area contributed by atoms with Crippen molar-refractivity contribution in [2.24, 2.45) is 4.99 Å². The van der Waals surface area contributed by atoms with E-state index in [-0.39, 0.29) is 0 Å². The molecule has 0 aliphatic rings. The van der Waals surface area contributed by atoms with Gasteiger partial charge in [0.05, 0.1) is 22.4 Å². The third kappa shape index (κ3) is 3.90. The van der Waals surface area contributed by atoms with E-state index in [9.17, 15) is 0 Å². The number of nitrogens with zero attached hydrogens (tertiary/aromatic N) is 3. The van der Waals surface area contributed by atoms with E-state index in [1.807, 2.05) is 42.7 Å². The maximum atomic E-state index is 6.18. The molecule has 0 saturated heterocycles. The molecule has 0 unspecified atom stereocenters. The highest BCUT2D eigenvalue weighted by Gasteiger charge is 2.10. The van der Waals surface area contributed by atoms with Crippen LogP contribution in [0.2, 0.25) is 0 Å². The molecule has 5 heteroatoms. The van der Waals surface area contributed by atoms with Crippen LogP contribution in [0.4, 0.5) is 11.4 Å². The van der Waals surface area contributed by atoms with E-state index in [1.165, 1.54) is 5.56 Å². The number of aromatic amines is 1. The zero-order chi connectivity index (χ0) is 20.4. The second-order valence-electron chi connectivity index (χ2n) is 7.44. The molecule has 0 fully saturated rings. The number of fused-ring (bicyclic) bond motifs is 1. The van der Waals surface area contributed by atoms with Crippen molar-refractivity contribution in [1.29, 1.82) is 0 Å². The molecular formula is C24H25N5. The van der Waals surface area contributed by atoms with Crippen LogP contribution in [0.1, 0.15) is 38.7 Å². The van der Waals surface area contributed by atoms with E-state index in [0.717, 1.165) is 45.8 Å². The molecule has 0 saturated carbocycles. The summed E-state index contributed by atoms with van der Waals surface area (Å²) in [4.78, 5) is 17.1. The Hall–Kier alpha value is -3.47. The molecule has 0 bridgehead atoms. The molecule has 2 heterocycles. The number of nitrogen functional groups attached to an aromatic ring is 1. The van der Waals surface area contributed by atoms with Gasteiger partial charge in [0.1, 0.15) is 5.69 Å². The van der Waals surface area contributed by atoms with E-state index in [4.69, 9.17) is 10.7 Å². The number of hydrogen-bond acceptors (Lipinski definition) is 4. The number of imidazole rings is 1. The van der Waals surface area contributed by atoms with Gasteiger partial charge in [0.25, 0.3) is 0 Å². The van der Waals surface area contributed by atoms with Gasteiger partial charge in [-0.3, -0.25) is 9.98 Å². The summed E-state index contributed by atoms with van der Waals surface area (Å²) in [6.07, 6.45) is 4.67. The number of nitrogens with two attached hydrogens (primary N) is 1. The molecule has 0 aliphatic carbocycles. The number of H-pyrrole nitrogens is 1. The summed E-state index contributed by atoms with van der Waals surface area (Å²) in [6, 6.07) is 16.3. The molecule has 146 valence electrons. The largest absolute Gasteiger partial charge is 0.397 e. The second-order valence-corrected chi connectivity index (χ2v) is 7.44. The fraction of sp³-hybridized carbons (Fsp3) is 0.208. The van der Waals surface area contributed by atoms with Gasteiger partial charge in [-0.2, -0.15) is 0 Å². The molecule has 4 rings (SSSR count). The first-order valence-electron chi connectivity index (χ1n) is 9.93. The third-order valence-corrected chi connectivity index (χ3v) is 4.95. The number of hydrogen-bond donors (Lipinski definition) is 2. The molecule has 0 spiro atoms. The lowest BCUT2D eigenvalue weighted by Crippen LogP contribution is -1.91. The minimum Gasteiger partial charge on any atom is -0.397 e. The van der Waals surface area contributed by atoms with Crippen LogP contribution in [0.3, 0.4) is 0 Å². The zero-order valence-corrected chi connectivity index (χ0v) is 17.0. The van der Waals surface area contributed by atoms with Crippen molar-refractivity contribution in [3.8, 4) is 22.6 Å². The lowest BCUT2D eigenvalue weighted by atomic mass is 10.0. The van der Waals surface area contributed by atoms with E-state index >= 15 is 0 Å². The highest BCUT2D eigenvalue weighted by Crippen LogP contribution is 2.31. The second kappa shape index (κ2) is 7.87. The minimum atomic E-state index is 0.460. The van der Waals surface area contributed by atoms with Crippen LogP contribution < -0.4 is 5.73 Å². The maximum absolute atomic E-state index is 6.18. The van der Waals surface area contributed by atoms with Gasteiger partial charge in [0.2, 0.25) is 0 Å². The zero-order valence-electron chi connectivity index (χ0n) is 17.0. The first-order chi connectivity index (χ1) is 14.0. The quantitative estimate of drug-likeness (QED) is 0.322. The summed E-state index contributed by atoms with van der Waals surface area (Å²) in [7, 11) is 0. The minimum absolute atomic E-state index is 0.460. The van der Waals surface area contributed by atoms with E-state index in [2.05, 4.69) is 53.9 Å². The summed E-state index contributed by atoms with van der Waals surface area (Å²) in [6.45, 7) is 6.37. The Bertz CT molecular complexity index is 1170. The van der Waals surface area contributed by atoms with Crippen molar-refractivity contribution in [1.82, 2.24) is 15.0 Å². The highest BCUT2D eigenvalue weighted by molar-refractivity contribution is 5.85. The Kier molecular flexibility index (Phi) is 5.12. The molecular weight excluding hydrogens is 358 g/mol. The van der Waals surface area contributed by atoms with Crippen molar-refractivity contribution in [2.75, 3.05) is 5.73 Å². The van der Waals surface area contributed by atoms with Gasteiger partial charge < -0.3 is 10.7 Å². The monoisotopic (exact) mass is 383 g/mol. The number of rotatable bonds is 5. The molecule has 4 aromatic rings. The van der Waals surface area contributed by atoms with E-state index in [0.29, 0.717) is 11.6 Å². The van der Waals surface area contributed by atoms with Crippen LogP contribution in [0, 0.1) is 0 Å². The number of aromatic nitrogens is 3. The van der Waals surface area contributed by atoms with Gasteiger partial charge in [0, 0.05) is 12.4 Å². The first-order valence-corrected chi connectivity index (χ1v) is 9.93. The molecule has 29 heavy (non-hydrogen) atoms. The SMILES string of the molecule is CC/C=N/c1ccc(-c2ccc3[nH]c(-c4ccc(C(C)C)cn4)nc3c2)cc1N. The summed E-state index contributed by atoms with van der Waals surface area (Å²) in [5.41, 5.74) is 13.7. The van der Waals surface area contributed by atoms with Crippen molar-refractivity contribution in [3.05, 3.63) is 60.3 Å². The molecule has 2 aromatic carbocycles. The molecule has 0 aliphatic heterocycles. The van der Waals surface area contributed by atoms with Gasteiger partial charge in [-0.1, -0.05) is 39.0 Å². The first kappa shape index (κ1) is 18.9. The topological polar surface area (TPSA) is 80.0 Å². The van der Waals surface area contributed by atoms with Crippen molar-refractivity contribution >= 4 is 28.6 Å². The Morgan fingerprint density at radius 3 is 2.55 bits per heavy atom. The summed E-state index contributed by atoms with van der Waals surface area (Å²) >= 11 is 0. The average molecular weight is 383 g/mol. The number of nitrogens with one attached hydrogen (secondary N) is 1. The number of benzene rings is 2. The van der Waals surface area contributed by atoms with Crippen LogP contribution in [-0.4, -0.2) is 21.2 Å². The molecule has 0 atom stereocenters. The van der Waals surface area contributed by atoms with Crippen molar-refractivity contribution in [3.63, 3.8) is 0 Å². The van der Waals surface area contributed by atoms with Crippen LogP contribution in [0.5, 0.6) is 0 Å². The van der Waals surface area contributed by atoms with Crippen LogP contribution in [0.15, 0.2) is 59.7 Å². The lowest BCUT2D eigenvalue weighted by molar-refractivity contribution is 0.858. The summed E-state index contributed by atoms with van der Waals surface area (Å²) < 4.78 is 0. The Balaban J connectivity index is 1.66. The van der Waals surface area contributed by atoms with Crippen molar-refractivity contribution in [2.45, 2.75) is 33.1 Å². The number of pyridine rings is 1. The predicted octanol–water partition coefficient (Wildman–Crippen LogP) is 6.11. The number of aliphatic imine (C=N–C) groups is 1. The molecule has 3 N–H and O–H groups in total. The van der Waals surface area contributed by atoms with Crippen LogP contribution in [0.25, 0.3) is 33.7 Å². The van der Waals surface area contributed by atoms with E-state index < -0.39 is 0 Å². The molecule has 5 nitrogen and oxygen atoms in total. The van der Waals surface area contributed by atoms with Crippen LogP contribution in [-0.2, 0) is 0 Å². The summed E-state index contributed by atoms with van der Waals surface area (Å²) in [5.74, 6) is 1.23. The predicted molar refractivity (Wildman–Crippen MR) is 122 cm³/mol. The maximum Gasteiger partial charge on any atom is 0.157 e. The van der Waals surface area contributed by atoms with Gasteiger partial charge >= 0.3 is 0 Å². The van der Waals surface area contributed by atoms with Gasteiger partial charge in [-0.15, -0.1) is 0 Å². The fourth-order valence-electron chi connectivity index (χ4n) is 3.23. The smallest absolute Gasteiger partial charge is 0.157 e. The Morgan fingerprint density at radius 1 is 1.07 bits per heavy atom.